The molecule has 2 aromatic heterocycles. The first-order valence-corrected chi connectivity index (χ1v) is 9.10. The van der Waals surface area contributed by atoms with Crippen molar-refractivity contribution in [2.24, 2.45) is 0 Å². The number of hydrogen-bond donors (Lipinski definition) is 0. The lowest BCUT2D eigenvalue weighted by Gasteiger charge is -2.35. The maximum Gasteiger partial charge on any atom is 0.227 e. The largest absolute Gasteiger partial charge is 0.352 e. The zero-order valence-corrected chi connectivity index (χ0v) is 15.3. The molecule has 27 heavy (non-hydrogen) atoms. The summed E-state index contributed by atoms with van der Waals surface area (Å²) in [4.78, 5) is 20.7. The molecule has 1 aromatic carbocycles. The van der Waals surface area contributed by atoms with Gasteiger partial charge in [0, 0.05) is 38.6 Å². The summed E-state index contributed by atoms with van der Waals surface area (Å²) in [5, 5.41) is 8.60. The number of hydrogen-bond acceptors (Lipinski definition) is 5. The Morgan fingerprint density at radius 3 is 2.41 bits per heavy atom. The fourth-order valence-electron chi connectivity index (χ4n) is 3.29. The maximum absolute atomic E-state index is 12.6. The van der Waals surface area contributed by atoms with Crippen molar-refractivity contribution in [2.45, 2.75) is 13.3 Å². The molecule has 1 aliphatic heterocycles. The summed E-state index contributed by atoms with van der Waals surface area (Å²) in [6, 6.07) is 12.0. The van der Waals surface area contributed by atoms with Crippen LogP contribution in [0, 0.1) is 6.92 Å². The first-order valence-electron chi connectivity index (χ1n) is 9.10. The van der Waals surface area contributed by atoms with Gasteiger partial charge in [0.25, 0.3) is 0 Å². The molecule has 3 aromatic rings. The molecule has 0 bridgehead atoms. The van der Waals surface area contributed by atoms with Gasteiger partial charge in [-0.05, 0) is 30.2 Å². The van der Waals surface area contributed by atoms with Gasteiger partial charge in [-0.3, -0.25) is 9.36 Å². The molecule has 138 valence electrons. The van der Waals surface area contributed by atoms with E-state index in [1.807, 2.05) is 59.0 Å². The predicted molar refractivity (Wildman–Crippen MR) is 103 cm³/mol. The van der Waals surface area contributed by atoms with Gasteiger partial charge in [-0.1, -0.05) is 24.3 Å². The molecule has 0 radical (unpaired) electrons. The van der Waals surface area contributed by atoms with E-state index in [1.54, 1.807) is 12.5 Å². The number of amides is 1. The standard InChI is InChI=1S/C20H22N6O/c1-16-4-2-3-5-17(16)14-20(27)25-12-10-24(11-13-25)18-6-7-19(23-22-18)26-9-8-21-15-26/h2-9,15H,10-14H2,1H3. The Labute approximate surface area is 158 Å². The zero-order chi connectivity index (χ0) is 18.6. The van der Waals surface area contributed by atoms with Crippen molar-refractivity contribution in [3.8, 4) is 5.82 Å². The zero-order valence-electron chi connectivity index (χ0n) is 15.3. The van der Waals surface area contributed by atoms with E-state index in [-0.39, 0.29) is 5.91 Å². The van der Waals surface area contributed by atoms with Gasteiger partial charge < -0.3 is 9.80 Å². The molecule has 0 saturated carbocycles. The van der Waals surface area contributed by atoms with E-state index in [4.69, 9.17) is 0 Å². The van der Waals surface area contributed by atoms with Crippen molar-refractivity contribution >= 4 is 11.7 Å². The van der Waals surface area contributed by atoms with Gasteiger partial charge >= 0.3 is 0 Å². The van der Waals surface area contributed by atoms with Crippen LogP contribution in [0.2, 0.25) is 0 Å². The van der Waals surface area contributed by atoms with Crippen LogP contribution < -0.4 is 4.90 Å². The number of aryl methyl sites for hydroxylation is 1. The molecular weight excluding hydrogens is 340 g/mol. The summed E-state index contributed by atoms with van der Waals surface area (Å²) in [6.45, 7) is 4.98. The van der Waals surface area contributed by atoms with Crippen LogP contribution in [-0.4, -0.2) is 56.7 Å². The Morgan fingerprint density at radius 2 is 1.74 bits per heavy atom. The van der Waals surface area contributed by atoms with Gasteiger partial charge in [0.05, 0.1) is 6.42 Å². The highest BCUT2D eigenvalue weighted by Gasteiger charge is 2.22. The van der Waals surface area contributed by atoms with Gasteiger partial charge in [0.1, 0.15) is 6.33 Å². The lowest BCUT2D eigenvalue weighted by Crippen LogP contribution is -2.49. The van der Waals surface area contributed by atoms with Crippen LogP contribution in [0.4, 0.5) is 5.82 Å². The number of rotatable bonds is 4. The van der Waals surface area contributed by atoms with Crippen LogP contribution in [0.1, 0.15) is 11.1 Å². The van der Waals surface area contributed by atoms with E-state index in [0.717, 1.165) is 35.9 Å². The minimum atomic E-state index is 0.186. The number of carbonyl (C=O) groups is 1. The van der Waals surface area contributed by atoms with Gasteiger partial charge in [-0.25, -0.2) is 4.98 Å². The van der Waals surface area contributed by atoms with Crippen molar-refractivity contribution in [2.75, 3.05) is 31.1 Å². The highest BCUT2D eigenvalue weighted by Crippen LogP contribution is 2.15. The number of anilines is 1. The van der Waals surface area contributed by atoms with Crippen LogP contribution >= 0.6 is 0 Å². The third kappa shape index (κ3) is 3.81. The Balaban J connectivity index is 1.34. The summed E-state index contributed by atoms with van der Waals surface area (Å²) in [7, 11) is 0. The molecule has 7 heteroatoms. The van der Waals surface area contributed by atoms with Crippen LogP contribution in [0.25, 0.3) is 5.82 Å². The van der Waals surface area contributed by atoms with Gasteiger partial charge in [-0.15, -0.1) is 10.2 Å². The summed E-state index contributed by atoms with van der Waals surface area (Å²) >= 11 is 0. The van der Waals surface area contributed by atoms with Crippen LogP contribution in [0.15, 0.2) is 55.1 Å². The maximum atomic E-state index is 12.6. The van der Waals surface area contributed by atoms with Crippen molar-refractivity contribution in [3.05, 3.63) is 66.2 Å². The third-order valence-electron chi connectivity index (χ3n) is 4.96. The van der Waals surface area contributed by atoms with Crippen molar-refractivity contribution < 1.29 is 4.79 Å². The fraction of sp³-hybridized carbons (Fsp3) is 0.300. The molecule has 0 spiro atoms. The lowest BCUT2D eigenvalue weighted by molar-refractivity contribution is -0.130. The number of nitrogens with zero attached hydrogens (tertiary/aromatic N) is 6. The quantitative estimate of drug-likeness (QED) is 0.709. The lowest BCUT2D eigenvalue weighted by atomic mass is 10.1. The van der Waals surface area contributed by atoms with Crippen LogP contribution in [0.3, 0.4) is 0 Å². The van der Waals surface area contributed by atoms with Crippen molar-refractivity contribution in [1.29, 1.82) is 0 Å². The number of imidazole rings is 1. The predicted octanol–water partition coefficient (Wildman–Crippen LogP) is 1.86. The number of carbonyl (C=O) groups excluding carboxylic acids is 1. The Bertz CT molecular complexity index is 898. The topological polar surface area (TPSA) is 67.2 Å². The average Bonchev–Trinajstić information content (AvgIpc) is 3.25. The number of benzene rings is 1. The summed E-state index contributed by atoms with van der Waals surface area (Å²) in [6.07, 6.45) is 5.71. The van der Waals surface area contributed by atoms with Gasteiger partial charge in [0.2, 0.25) is 5.91 Å². The summed E-state index contributed by atoms with van der Waals surface area (Å²) < 4.78 is 1.82. The first kappa shape index (κ1) is 17.2. The normalized spacial score (nSPS) is 14.4. The second kappa shape index (κ2) is 7.57. The second-order valence-electron chi connectivity index (χ2n) is 6.69. The summed E-state index contributed by atoms with van der Waals surface area (Å²) in [5.41, 5.74) is 2.27. The number of aromatic nitrogens is 4. The Hall–Kier alpha value is -3.22. The third-order valence-corrected chi connectivity index (χ3v) is 4.96. The van der Waals surface area contributed by atoms with E-state index in [0.29, 0.717) is 19.5 Å². The smallest absolute Gasteiger partial charge is 0.227 e. The number of piperazine rings is 1. The SMILES string of the molecule is Cc1ccccc1CC(=O)N1CCN(c2ccc(-n3ccnc3)nn2)CC1. The molecule has 3 heterocycles. The van der Waals surface area contributed by atoms with E-state index in [2.05, 4.69) is 20.1 Å². The average molecular weight is 362 g/mol. The summed E-state index contributed by atoms with van der Waals surface area (Å²) in [5.74, 6) is 1.76. The van der Waals surface area contributed by atoms with Crippen molar-refractivity contribution in [1.82, 2.24) is 24.6 Å². The molecular formula is C20H22N6O. The molecule has 0 N–H and O–H groups in total. The molecule has 0 aliphatic carbocycles. The molecule has 4 rings (SSSR count). The van der Waals surface area contributed by atoms with E-state index in [1.165, 1.54) is 0 Å². The van der Waals surface area contributed by atoms with E-state index < -0.39 is 0 Å². The van der Waals surface area contributed by atoms with E-state index >= 15 is 0 Å². The fourth-order valence-corrected chi connectivity index (χ4v) is 3.29. The van der Waals surface area contributed by atoms with Crippen molar-refractivity contribution in [3.63, 3.8) is 0 Å². The Morgan fingerprint density at radius 1 is 1.00 bits per heavy atom. The van der Waals surface area contributed by atoms with Crippen LogP contribution in [0.5, 0.6) is 0 Å². The van der Waals surface area contributed by atoms with E-state index in [9.17, 15) is 4.79 Å². The molecule has 1 aliphatic rings. The molecule has 1 amide bonds. The van der Waals surface area contributed by atoms with Crippen LogP contribution in [-0.2, 0) is 11.2 Å². The molecule has 1 saturated heterocycles. The Kier molecular flexibility index (Phi) is 4.82. The molecule has 7 nitrogen and oxygen atoms in total. The second-order valence-corrected chi connectivity index (χ2v) is 6.69. The molecule has 1 fully saturated rings. The highest BCUT2D eigenvalue weighted by atomic mass is 16.2. The monoisotopic (exact) mass is 362 g/mol. The first-order chi connectivity index (χ1) is 13.2. The molecule has 0 atom stereocenters. The minimum absolute atomic E-state index is 0.186. The minimum Gasteiger partial charge on any atom is -0.352 e. The van der Waals surface area contributed by atoms with Gasteiger partial charge in [-0.2, -0.15) is 0 Å². The van der Waals surface area contributed by atoms with Gasteiger partial charge in [0.15, 0.2) is 11.6 Å². The molecule has 0 unspecified atom stereocenters. The highest BCUT2D eigenvalue weighted by molar-refractivity contribution is 5.79.